The zero-order chi connectivity index (χ0) is 23.8. The Kier molecular flexibility index (Phi) is 5.80. The summed E-state index contributed by atoms with van der Waals surface area (Å²) in [6.07, 6.45) is 14.1. The molecule has 0 aromatic heterocycles. The minimum absolute atomic E-state index is 0.0372. The van der Waals surface area contributed by atoms with Crippen LogP contribution in [0.3, 0.4) is 0 Å². The molecule has 0 unspecified atom stereocenters. The lowest BCUT2D eigenvalue weighted by molar-refractivity contribution is -0.137. The molecule has 0 radical (unpaired) electrons. The van der Waals surface area contributed by atoms with Gasteiger partial charge in [-0.05, 0) is 104 Å². The Morgan fingerprint density at radius 1 is 1.00 bits per heavy atom. The first-order chi connectivity index (χ1) is 15.3. The predicted octanol–water partition coefficient (Wildman–Crippen LogP) is 7.52. The Bertz CT molecular complexity index is 825. The van der Waals surface area contributed by atoms with Crippen molar-refractivity contribution in [2.75, 3.05) is 6.61 Å². The minimum Gasteiger partial charge on any atom is -0.465 e. The number of carbonyl (C=O) groups excluding carboxylic acids is 1. The second-order valence-corrected chi connectivity index (χ2v) is 19.1. The lowest BCUT2D eigenvalue weighted by atomic mass is 9.47. The highest BCUT2D eigenvalue weighted by Gasteiger charge is 2.60. The van der Waals surface area contributed by atoms with E-state index in [9.17, 15) is 4.79 Å². The van der Waals surface area contributed by atoms with Crippen molar-refractivity contribution in [3.63, 3.8) is 0 Å². The Labute approximate surface area is 203 Å². The normalized spacial score (nSPS) is 45.7. The monoisotopic (exact) mass is 472 g/mol. The summed E-state index contributed by atoms with van der Waals surface area (Å²) in [5, 5.41) is 0.279. The van der Waals surface area contributed by atoms with Gasteiger partial charge in [-0.15, -0.1) is 0 Å². The average molecular weight is 473 g/mol. The van der Waals surface area contributed by atoms with Gasteiger partial charge in [-0.2, -0.15) is 0 Å². The van der Waals surface area contributed by atoms with Gasteiger partial charge in [0.25, 0.3) is 0 Å². The van der Waals surface area contributed by atoms with Crippen molar-refractivity contribution in [3.05, 3.63) is 11.6 Å². The molecule has 0 spiro atoms. The van der Waals surface area contributed by atoms with Gasteiger partial charge in [0.2, 0.25) is 0 Å². The zero-order valence-corrected chi connectivity index (χ0v) is 23.3. The Morgan fingerprint density at radius 3 is 2.39 bits per heavy atom. The van der Waals surface area contributed by atoms with Crippen LogP contribution >= 0.6 is 0 Å². The standard InChI is InChI=1S/C29H48O3Si/c1-27(2,3)33(6,7)32-21-12-14-28(4)20(17-21)8-9-22-24-11-10-23(19-16-26(30)31-18-19)29(24,5)15-13-25(22)28/h8,19,21-25H,9-18H2,1-7H3/t19-,21-,22-,23+,24+,25-,28-,29+/m0/s1. The molecule has 0 aromatic rings. The van der Waals surface area contributed by atoms with E-state index < -0.39 is 8.32 Å². The van der Waals surface area contributed by atoms with E-state index in [4.69, 9.17) is 9.16 Å². The molecule has 0 amide bonds. The molecule has 5 rings (SSSR count). The molecule has 186 valence electrons. The number of hydrogen-bond donors (Lipinski definition) is 0. The molecule has 3 saturated carbocycles. The van der Waals surface area contributed by atoms with Crippen LogP contribution in [0.4, 0.5) is 0 Å². The number of hydrogen-bond acceptors (Lipinski definition) is 3. The van der Waals surface area contributed by atoms with Crippen molar-refractivity contribution in [2.45, 2.75) is 117 Å². The molecule has 1 heterocycles. The van der Waals surface area contributed by atoms with Gasteiger partial charge in [-0.3, -0.25) is 4.79 Å². The molecule has 5 aliphatic rings. The van der Waals surface area contributed by atoms with Crippen LogP contribution in [0, 0.1) is 40.4 Å². The van der Waals surface area contributed by atoms with E-state index in [-0.39, 0.29) is 11.0 Å². The molecule has 1 aliphatic heterocycles. The number of fused-ring (bicyclic) bond motifs is 5. The number of ether oxygens (including phenoxy) is 1. The van der Waals surface area contributed by atoms with E-state index in [1.165, 1.54) is 44.9 Å². The lowest BCUT2D eigenvalue weighted by Crippen LogP contribution is -2.52. The van der Waals surface area contributed by atoms with Crippen molar-refractivity contribution < 1.29 is 14.0 Å². The van der Waals surface area contributed by atoms with Gasteiger partial charge >= 0.3 is 5.97 Å². The van der Waals surface area contributed by atoms with Crippen LogP contribution in [-0.4, -0.2) is 27.0 Å². The van der Waals surface area contributed by atoms with Crippen LogP contribution in [0.1, 0.15) is 92.4 Å². The highest BCUT2D eigenvalue weighted by Crippen LogP contribution is 2.67. The molecule has 8 atom stereocenters. The second kappa shape index (κ2) is 7.95. The highest BCUT2D eigenvalue weighted by molar-refractivity contribution is 6.74. The summed E-state index contributed by atoms with van der Waals surface area (Å²) in [6, 6.07) is 0. The number of cyclic esters (lactones) is 1. The van der Waals surface area contributed by atoms with Crippen molar-refractivity contribution in [1.29, 1.82) is 0 Å². The molecule has 1 saturated heterocycles. The zero-order valence-electron chi connectivity index (χ0n) is 22.3. The summed E-state index contributed by atoms with van der Waals surface area (Å²) in [5.41, 5.74) is 2.51. The number of allylic oxidation sites excluding steroid dienone is 1. The van der Waals surface area contributed by atoms with E-state index in [1.54, 1.807) is 5.57 Å². The summed E-state index contributed by atoms with van der Waals surface area (Å²) in [6.45, 7) is 17.8. The van der Waals surface area contributed by atoms with E-state index in [0.29, 0.717) is 41.8 Å². The maximum atomic E-state index is 11.8. The maximum absolute atomic E-state index is 11.8. The third-order valence-corrected chi connectivity index (χ3v) is 16.4. The lowest BCUT2D eigenvalue weighted by Gasteiger charge is -2.58. The molecule has 0 aromatic carbocycles. The van der Waals surface area contributed by atoms with Gasteiger partial charge < -0.3 is 9.16 Å². The van der Waals surface area contributed by atoms with E-state index in [2.05, 4.69) is 53.8 Å². The average Bonchev–Trinajstić information content (AvgIpc) is 3.29. The molecule has 4 heteroatoms. The van der Waals surface area contributed by atoms with Crippen LogP contribution < -0.4 is 0 Å². The number of rotatable bonds is 3. The molecule has 33 heavy (non-hydrogen) atoms. The van der Waals surface area contributed by atoms with Crippen LogP contribution in [0.5, 0.6) is 0 Å². The van der Waals surface area contributed by atoms with E-state index in [0.717, 1.165) is 24.2 Å². The third kappa shape index (κ3) is 3.81. The van der Waals surface area contributed by atoms with Crippen molar-refractivity contribution in [3.8, 4) is 0 Å². The molecule has 0 bridgehead atoms. The van der Waals surface area contributed by atoms with Gasteiger partial charge in [0.1, 0.15) is 0 Å². The first kappa shape index (κ1) is 24.1. The second-order valence-electron chi connectivity index (χ2n) is 14.4. The number of esters is 1. The topological polar surface area (TPSA) is 35.5 Å². The molecule has 3 nitrogen and oxygen atoms in total. The third-order valence-electron chi connectivity index (χ3n) is 11.9. The van der Waals surface area contributed by atoms with Gasteiger partial charge in [-0.25, -0.2) is 0 Å². The fourth-order valence-electron chi connectivity index (χ4n) is 8.93. The smallest absolute Gasteiger partial charge is 0.306 e. The fraction of sp³-hybridized carbons (Fsp3) is 0.897. The fourth-order valence-corrected chi connectivity index (χ4v) is 10.3. The SMILES string of the molecule is CC(C)(C)[Si](C)(C)O[C@H]1CC[C@@]2(C)C(=CC[C@H]3[C@H]4CC[C@H]([C@@H]5COC(=O)C5)[C@@]4(C)CC[C@@H]32)C1. The summed E-state index contributed by atoms with van der Waals surface area (Å²) in [4.78, 5) is 11.8. The van der Waals surface area contributed by atoms with Crippen LogP contribution in [-0.2, 0) is 14.0 Å². The maximum Gasteiger partial charge on any atom is 0.306 e. The molecular weight excluding hydrogens is 424 g/mol. The van der Waals surface area contributed by atoms with Crippen LogP contribution in [0.15, 0.2) is 11.6 Å². The van der Waals surface area contributed by atoms with Crippen molar-refractivity contribution in [1.82, 2.24) is 0 Å². The minimum atomic E-state index is -1.72. The summed E-state index contributed by atoms with van der Waals surface area (Å²) < 4.78 is 12.3. The Balaban J connectivity index is 1.32. The number of carbonyl (C=O) groups is 1. The Morgan fingerprint density at radius 2 is 1.73 bits per heavy atom. The van der Waals surface area contributed by atoms with Gasteiger partial charge in [0, 0.05) is 12.0 Å². The quantitative estimate of drug-likeness (QED) is 0.242. The summed E-state index contributed by atoms with van der Waals surface area (Å²) in [7, 11) is -1.72. The van der Waals surface area contributed by atoms with Gasteiger partial charge in [0.15, 0.2) is 8.32 Å². The largest absolute Gasteiger partial charge is 0.465 e. The van der Waals surface area contributed by atoms with Gasteiger partial charge in [0.05, 0.1) is 13.0 Å². The van der Waals surface area contributed by atoms with Crippen LogP contribution in [0.25, 0.3) is 0 Å². The Hall–Kier alpha value is -0.613. The van der Waals surface area contributed by atoms with Gasteiger partial charge in [-0.1, -0.05) is 46.3 Å². The summed E-state index contributed by atoms with van der Waals surface area (Å²) in [5.74, 6) is 3.69. The summed E-state index contributed by atoms with van der Waals surface area (Å²) >= 11 is 0. The first-order valence-electron chi connectivity index (χ1n) is 13.9. The van der Waals surface area contributed by atoms with Crippen LogP contribution in [0.2, 0.25) is 18.1 Å². The highest BCUT2D eigenvalue weighted by atomic mass is 28.4. The van der Waals surface area contributed by atoms with E-state index in [1.807, 2.05) is 0 Å². The first-order valence-corrected chi connectivity index (χ1v) is 16.8. The van der Waals surface area contributed by atoms with E-state index >= 15 is 0 Å². The van der Waals surface area contributed by atoms with Crippen molar-refractivity contribution in [2.24, 2.45) is 40.4 Å². The molecule has 0 N–H and O–H groups in total. The molecule has 4 aliphatic carbocycles. The molecule has 4 fully saturated rings. The molecular formula is C29H48O3Si. The predicted molar refractivity (Wildman–Crippen MR) is 136 cm³/mol. The van der Waals surface area contributed by atoms with Crippen molar-refractivity contribution >= 4 is 14.3 Å².